The zero-order chi connectivity index (χ0) is 20.9. The molecule has 0 saturated heterocycles. The van der Waals surface area contributed by atoms with Crippen LogP contribution in [0.15, 0.2) is 67.0 Å². The number of methoxy groups -OCH3 is 1. The average molecular weight is 420 g/mol. The van der Waals surface area contributed by atoms with Gasteiger partial charge in [0.05, 0.1) is 30.5 Å². The minimum atomic E-state index is -0.134. The highest BCUT2D eigenvalue weighted by molar-refractivity contribution is 7.22. The van der Waals surface area contributed by atoms with E-state index in [2.05, 4.69) is 4.98 Å². The Morgan fingerprint density at radius 2 is 1.90 bits per heavy atom. The fraction of sp³-hybridized carbons (Fsp3) is 0.174. The summed E-state index contributed by atoms with van der Waals surface area (Å²) >= 11 is 1.46. The number of anilines is 1. The molecule has 2 aromatic heterocycles. The summed E-state index contributed by atoms with van der Waals surface area (Å²) in [5, 5.41) is 0.628. The van der Waals surface area contributed by atoms with E-state index in [0.717, 1.165) is 21.5 Å². The lowest BCUT2D eigenvalue weighted by molar-refractivity contribution is 0.0985. The minimum absolute atomic E-state index is 0.134. The van der Waals surface area contributed by atoms with E-state index in [1.807, 2.05) is 37.3 Å². The molecule has 0 N–H and O–H groups in total. The Kier molecular flexibility index (Phi) is 5.90. The molecule has 0 aliphatic carbocycles. The molecule has 0 bridgehead atoms. The van der Waals surface area contributed by atoms with Crippen LogP contribution in [-0.4, -0.2) is 29.6 Å². The van der Waals surface area contributed by atoms with Crippen LogP contribution in [0.25, 0.3) is 10.2 Å². The number of pyridine rings is 1. The SMILES string of the molecule is CCOc1ccc2nc(N(Cc3cccnc3)C(=O)c3ccc(OC)cc3)sc2c1. The fourth-order valence-electron chi connectivity index (χ4n) is 3.05. The van der Waals surface area contributed by atoms with E-state index in [1.54, 1.807) is 48.7 Å². The number of thiazole rings is 1. The monoisotopic (exact) mass is 419 g/mol. The number of aromatic nitrogens is 2. The van der Waals surface area contributed by atoms with Crippen molar-refractivity contribution in [2.45, 2.75) is 13.5 Å². The highest BCUT2D eigenvalue weighted by Crippen LogP contribution is 2.33. The molecule has 30 heavy (non-hydrogen) atoms. The van der Waals surface area contributed by atoms with Gasteiger partial charge >= 0.3 is 0 Å². The summed E-state index contributed by atoms with van der Waals surface area (Å²) in [5.74, 6) is 1.36. The van der Waals surface area contributed by atoms with Gasteiger partial charge in [-0.15, -0.1) is 0 Å². The maximum atomic E-state index is 13.4. The first-order valence-electron chi connectivity index (χ1n) is 9.56. The van der Waals surface area contributed by atoms with Crippen LogP contribution in [0.1, 0.15) is 22.8 Å². The molecule has 0 unspecified atom stereocenters. The van der Waals surface area contributed by atoms with Crippen LogP contribution in [0.5, 0.6) is 11.5 Å². The molecule has 0 spiro atoms. The molecular weight excluding hydrogens is 398 g/mol. The number of carbonyl (C=O) groups excluding carboxylic acids is 1. The van der Waals surface area contributed by atoms with Crippen molar-refractivity contribution in [3.8, 4) is 11.5 Å². The summed E-state index contributed by atoms with van der Waals surface area (Å²) in [4.78, 5) is 24.0. The van der Waals surface area contributed by atoms with Gasteiger partial charge in [-0.1, -0.05) is 17.4 Å². The lowest BCUT2D eigenvalue weighted by Gasteiger charge is -2.20. The number of fused-ring (bicyclic) bond motifs is 1. The fourth-order valence-corrected chi connectivity index (χ4v) is 4.05. The summed E-state index contributed by atoms with van der Waals surface area (Å²) in [6, 6.07) is 16.7. The quantitative estimate of drug-likeness (QED) is 0.424. The van der Waals surface area contributed by atoms with E-state index >= 15 is 0 Å². The zero-order valence-corrected chi connectivity index (χ0v) is 17.6. The second-order valence-electron chi connectivity index (χ2n) is 6.54. The molecule has 0 atom stereocenters. The maximum Gasteiger partial charge on any atom is 0.260 e. The van der Waals surface area contributed by atoms with Gasteiger partial charge in [0.1, 0.15) is 11.5 Å². The van der Waals surface area contributed by atoms with E-state index in [9.17, 15) is 4.79 Å². The van der Waals surface area contributed by atoms with Crippen molar-refractivity contribution in [3.05, 3.63) is 78.1 Å². The standard InChI is InChI=1S/C23H21N3O3S/c1-3-29-19-10-11-20-21(13-19)30-23(25-20)26(15-16-5-4-12-24-14-16)22(27)17-6-8-18(28-2)9-7-17/h4-14H,3,15H2,1-2H3. The maximum absolute atomic E-state index is 13.4. The third-order valence-corrected chi connectivity index (χ3v) is 5.58. The van der Waals surface area contributed by atoms with Crippen molar-refractivity contribution in [2.24, 2.45) is 0 Å². The van der Waals surface area contributed by atoms with Crippen LogP contribution < -0.4 is 14.4 Å². The number of amides is 1. The number of hydrogen-bond donors (Lipinski definition) is 0. The molecule has 2 heterocycles. The summed E-state index contributed by atoms with van der Waals surface area (Å²) in [6.45, 7) is 2.92. The van der Waals surface area contributed by atoms with Crippen LogP contribution in [0.3, 0.4) is 0 Å². The Balaban J connectivity index is 1.72. The molecule has 0 saturated carbocycles. The van der Waals surface area contributed by atoms with Crippen LogP contribution in [-0.2, 0) is 6.54 Å². The largest absolute Gasteiger partial charge is 0.497 e. The van der Waals surface area contributed by atoms with E-state index in [-0.39, 0.29) is 5.91 Å². The molecular formula is C23H21N3O3S. The first-order chi connectivity index (χ1) is 14.7. The lowest BCUT2D eigenvalue weighted by Crippen LogP contribution is -2.30. The van der Waals surface area contributed by atoms with Gasteiger partial charge in [-0.3, -0.25) is 14.7 Å². The summed E-state index contributed by atoms with van der Waals surface area (Å²) in [5.41, 5.74) is 2.32. The first kappa shape index (κ1) is 19.8. The predicted octanol–water partition coefficient (Wildman–Crippen LogP) is 4.95. The van der Waals surface area contributed by atoms with Gasteiger partial charge in [0.25, 0.3) is 5.91 Å². The second-order valence-corrected chi connectivity index (χ2v) is 7.55. The van der Waals surface area contributed by atoms with E-state index < -0.39 is 0 Å². The molecule has 0 radical (unpaired) electrons. The third kappa shape index (κ3) is 4.26. The lowest BCUT2D eigenvalue weighted by atomic mass is 10.2. The molecule has 0 aliphatic heterocycles. The predicted molar refractivity (Wildman–Crippen MR) is 119 cm³/mol. The van der Waals surface area contributed by atoms with Crippen LogP contribution in [0, 0.1) is 0 Å². The molecule has 7 heteroatoms. The van der Waals surface area contributed by atoms with Crippen molar-refractivity contribution in [1.29, 1.82) is 0 Å². The van der Waals surface area contributed by atoms with Gasteiger partial charge < -0.3 is 9.47 Å². The van der Waals surface area contributed by atoms with Crippen molar-refractivity contribution in [2.75, 3.05) is 18.6 Å². The number of rotatable bonds is 7. The Hall–Kier alpha value is -3.45. The van der Waals surface area contributed by atoms with E-state index in [1.165, 1.54) is 11.3 Å². The van der Waals surface area contributed by atoms with Gasteiger partial charge in [-0.2, -0.15) is 0 Å². The molecule has 2 aromatic carbocycles. The third-order valence-electron chi connectivity index (χ3n) is 4.54. The van der Waals surface area contributed by atoms with Crippen molar-refractivity contribution >= 4 is 32.6 Å². The zero-order valence-electron chi connectivity index (χ0n) is 16.7. The number of ether oxygens (including phenoxy) is 2. The first-order valence-corrected chi connectivity index (χ1v) is 10.4. The van der Waals surface area contributed by atoms with Gasteiger partial charge in [0.2, 0.25) is 0 Å². The Morgan fingerprint density at radius 1 is 1.10 bits per heavy atom. The summed E-state index contributed by atoms with van der Waals surface area (Å²) in [6.07, 6.45) is 3.47. The molecule has 152 valence electrons. The summed E-state index contributed by atoms with van der Waals surface area (Å²) < 4.78 is 11.8. The van der Waals surface area contributed by atoms with Crippen molar-refractivity contribution < 1.29 is 14.3 Å². The van der Waals surface area contributed by atoms with E-state index in [0.29, 0.717) is 29.6 Å². The van der Waals surface area contributed by atoms with Gasteiger partial charge in [-0.05, 0) is 61.0 Å². The van der Waals surface area contributed by atoms with Crippen LogP contribution in [0.2, 0.25) is 0 Å². The van der Waals surface area contributed by atoms with Gasteiger partial charge in [0.15, 0.2) is 5.13 Å². The normalized spacial score (nSPS) is 10.7. The second kappa shape index (κ2) is 8.92. The number of benzene rings is 2. The number of carbonyl (C=O) groups is 1. The smallest absolute Gasteiger partial charge is 0.260 e. The molecule has 4 aromatic rings. The molecule has 6 nitrogen and oxygen atoms in total. The van der Waals surface area contributed by atoms with Crippen LogP contribution in [0.4, 0.5) is 5.13 Å². The average Bonchev–Trinajstić information content (AvgIpc) is 3.21. The molecule has 1 amide bonds. The van der Waals surface area contributed by atoms with E-state index in [4.69, 9.17) is 14.5 Å². The Labute approximate surface area is 178 Å². The summed E-state index contributed by atoms with van der Waals surface area (Å²) in [7, 11) is 1.60. The topological polar surface area (TPSA) is 64.5 Å². The highest BCUT2D eigenvalue weighted by atomic mass is 32.1. The minimum Gasteiger partial charge on any atom is -0.497 e. The van der Waals surface area contributed by atoms with Crippen molar-refractivity contribution in [1.82, 2.24) is 9.97 Å². The highest BCUT2D eigenvalue weighted by Gasteiger charge is 2.22. The van der Waals surface area contributed by atoms with Gasteiger partial charge in [0, 0.05) is 18.0 Å². The van der Waals surface area contributed by atoms with Gasteiger partial charge in [-0.25, -0.2) is 4.98 Å². The van der Waals surface area contributed by atoms with Crippen LogP contribution >= 0.6 is 11.3 Å². The molecule has 4 rings (SSSR count). The molecule has 0 aliphatic rings. The Morgan fingerprint density at radius 3 is 2.60 bits per heavy atom. The Bertz CT molecular complexity index is 1140. The molecule has 0 fully saturated rings. The number of hydrogen-bond acceptors (Lipinski definition) is 6. The van der Waals surface area contributed by atoms with Crippen molar-refractivity contribution in [3.63, 3.8) is 0 Å². The number of nitrogens with zero attached hydrogens (tertiary/aromatic N) is 3.